The molecule has 5 N–H and O–H groups in total. The molecule has 10 heteroatoms. The molecule has 2 aromatic carbocycles. The van der Waals surface area contributed by atoms with Crippen LogP contribution in [0.4, 0.5) is 11.8 Å². The zero-order valence-electron chi connectivity index (χ0n) is 15.0. The minimum Gasteiger partial charge on any atom is -0.487 e. The van der Waals surface area contributed by atoms with Crippen LogP contribution in [0.3, 0.4) is 0 Å². The second-order valence-corrected chi connectivity index (χ2v) is 6.18. The SMILES string of the molecule is Cl.Nc1nc(N)c(-c2cccc(Cl)c2)c(COc2cccc(OCC(=O)O)c2)n1. The summed E-state index contributed by atoms with van der Waals surface area (Å²) in [6, 6.07) is 13.7. The Hall–Kier alpha value is -3.23. The van der Waals surface area contributed by atoms with Crippen LogP contribution in [0.5, 0.6) is 11.5 Å². The van der Waals surface area contributed by atoms with E-state index in [1.807, 2.05) is 6.07 Å². The van der Waals surface area contributed by atoms with Gasteiger partial charge in [0, 0.05) is 16.7 Å². The molecule has 1 heterocycles. The van der Waals surface area contributed by atoms with Crippen LogP contribution in [-0.4, -0.2) is 27.7 Å². The summed E-state index contributed by atoms with van der Waals surface area (Å²) in [7, 11) is 0. The minimum absolute atomic E-state index is 0. The van der Waals surface area contributed by atoms with Crippen molar-refractivity contribution in [3.8, 4) is 22.6 Å². The average molecular weight is 437 g/mol. The number of nitrogens with zero attached hydrogens (tertiary/aromatic N) is 2. The van der Waals surface area contributed by atoms with Gasteiger partial charge < -0.3 is 26.0 Å². The van der Waals surface area contributed by atoms with E-state index in [0.717, 1.165) is 5.56 Å². The number of nitrogens with two attached hydrogens (primary N) is 2. The molecule has 0 radical (unpaired) electrons. The summed E-state index contributed by atoms with van der Waals surface area (Å²) in [6.07, 6.45) is 0. The van der Waals surface area contributed by atoms with Gasteiger partial charge in [-0.25, -0.2) is 9.78 Å². The third-order valence-corrected chi connectivity index (χ3v) is 3.92. The first-order valence-corrected chi connectivity index (χ1v) is 8.55. The van der Waals surface area contributed by atoms with Gasteiger partial charge in [-0.15, -0.1) is 12.4 Å². The number of rotatable bonds is 7. The highest BCUT2D eigenvalue weighted by molar-refractivity contribution is 6.30. The van der Waals surface area contributed by atoms with Crippen LogP contribution in [0.15, 0.2) is 48.5 Å². The zero-order valence-corrected chi connectivity index (χ0v) is 16.6. The van der Waals surface area contributed by atoms with Crippen molar-refractivity contribution in [1.29, 1.82) is 0 Å². The first kappa shape index (κ1) is 22.1. The maximum Gasteiger partial charge on any atom is 0.341 e. The van der Waals surface area contributed by atoms with E-state index in [9.17, 15) is 4.79 Å². The topological polar surface area (TPSA) is 134 Å². The summed E-state index contributed by atoms with van der Waals surface area (Å²) in [6.45, 7) is -0.386. The number of nitrogen functional groups attached to an aromatic ring is 2. The van der Waals surface area contributed by atoms with Crippen molar-refractivity contribution < 1.29 is 19.4 Å². The molecule has 29 heavy (non-hydrogen) atoms. The quantitative estimate of drug-likeness (QED) is 0.512. The molecular weight excluding hydrogens is 419 g/mol. The number of carboxylic acids is 1. The largest absolute Gasteiger partial charge is 0.487 e. The summed E-state index contributed by atoms with van der Waals surface area (Å²) in [4.78, 5) is 18.9. The van der Waals surface area contributed by atoms with Gasteiger partial charge in [0.05, 0.1) is 5.69 Å². The smallest absolute Gasteiger partial charge is 0.341 e. The third kappa shape index (κ3) is 5.87. The second-order valence-electron chi connectivity index (χ2n) is 5.75. The van der Waals surface area contributed by atoms with Crippen molar-refractivity contribution in [3.63, 3.8) is 0 Å². The van der Waals surface area contributed by atoms with Gasteiger partial charge in [-0.05, 0) is 29.8 Å². The van der Waals surface area contributed by atoms with Gasteiger partial charge in [0.15, 0.2) is 6.61 Å². The van der Waals surface area contributed by atoms with E-state index in [1.165, 1.54) is 0 Å². The molecule has 8 nitrogen and oxygen atoms in total. The van der Waals surface area contributed by atoms with Crippen molar-refractivity contribution in [2.75, 3.05) is 18.1 Å². The molecule has 0 amide bonds. The van der Waals surface area contributed by atoms with Gasteiger partial charge >= 0.3 is 5.97 Å². The Labute approximate surface area is 177 Å². The fourth-order valence-electron chi connectivity index (χ4n) is 2.56. The van der Waals surface area contributed by atoms with E-state index < -0.39 is 12.6 Å². The van der Waals surface area contributed by atoms with E-state index in [2.05, 4.69) is 9.97 Å². The Kier molecular flexibility index (Phi) is 7.46. The van der Waals surface area contributed by atoms with Crippen LogP contribution >= 0.6 is 24.0 Å². The number of hydrogen-bond donors (Lipinski definition) is 3. The predicted molar refractivity (Wildman–Crippen MR) is 112 cm³/mol. The molecule has 0 unspecified atom stereocenters. The summed E-state index contributed by atoms with van der Waals surface area (Å²) >= 11 is 6.08. The molecule has 0 saturated heterocycles. The van der Waals surface area contributed by atoms with Crippen LogP contribution in [0, 0.1) is 0 Å². The number of aromatic nitrogens is 2. The number of carbonyl (C=O) groups is 1. The number of benzene rings is 2. The Bertz CT molecular complexity index is 1020. The van der Waals surface area contributed by atoms with Gasteiger partial charge in [0.2, 0.25) is 5.95 Å². The molecule has 152 valence electrons. The molecule has 0 saturated carbocycles. The normalized spacial score (nSPS) is 10.1. The number of halogens is 2. The Morgan fingerprint density at radius 3 is 2.41 bits per heavy atom. The molecule has 0 fully saturated rings. The highest BCUT2D eigenvalue weighted by Gasteiger charge is 2.15. The van der Waals surface area contributed by atoms with Crippen LogP contribution in [0.1, 0.15) is 5.69 Å². The van der Waals surface area contributed by atoms with Crippen LogP contribution < -0.4 is 20.9 Å². The van der Waals surface area contributed by atoms with E-state index in [0.29, 0.717) is 27.8 Å². The molecule has 0 aliphatic heterocycles. The molecule has 0 spiro atoms. The van der Waals surface area contributed by atoms with Crippen molar-refractivity contribution >= 4 is 41.7 Å². The maximum absolute atomic E-state index is 10.6. The number of ether oxygens (including phenoxy) is 2. The van der Waals surface area contributed by atoms with E-state index >= 15 is 0 Å². The standard InChI is InChI=1S/C19H17ClN4O4.ClH/c20-12-4-1-3-11(7-12)17-15(23-19(22)24-18(17)21)9-27-13-5-2-6-14(8-13)28-10-16(25)26;/h1-8H,9-10H2,(H,25,26)(H4,21,22,23,24);1H. The van der Waals surface area contributed by atoms with Gasteiger partial charge in [-0.2, -0.15) is 4.98 Å². The fraction of sp³-hybridized carbons (Fsp3) is 0.105. The summed E-state index contributed by atoms with van der Waals surface area (Å²) in [5.41, 5.74) is 13.6. The fourth-order valence-corrected chi connectivity index (χ4v) is 2.75. The Morgan fingerprint density at radius 1 is 1.03 bits per heavy atom. The molecule has 0 atom stereocenters. The Balaban J connectivity index is 0.00000300. The first-order chi connectivity index (χ1) is 13.4. The minimum atomic E-state index is -1.07. The maximum atomic E-state index is 10.6. The molecule has 0 aliphatic rings. The van der Waals surface area contributed by atoms with Gasteiger partial charge in [0.25, 0.3) is 0 Å². The third-order valence-electron chi connectivity index (χ3n) is 3.69. The van der Waals surface area contributed by atoms with Crippen LogP contribution in [0.25, 0.3) is 11.1 Å². The van der Waals surface area contributed by atoms with Crippen molar-refractivity contribution in [2.45, 2.75) is 6.61 Å². The lowest BCUT2D eigenvalue weighted by Crippen LogP contribution is -2.10. The average Bonchev–Trinajstić information content (AvgIpc) is 2.64. The van der Waals surface area contributed by atoms with E-state index in [-0.39, 0.29) is 30.8 Å². The highest BCUT2D eigenvalue weighted by Crippen LogP contribution is 2.31. The summed E-state index contributed by atoms with van der Waals surface area (Å²) in [5, 5.41) is 9.25. The second kappa shape index (κ2) is 9.81. The van der Waals surface area contributed by atoms with Gasteiger partial charge in [-0.3, -0.25) is 0 Å². The number of hydrogen-bond acceptors (Lipinski definition) is 7. The van der Waals surface area contributed by atoms with Gasteiger partial charge in [-0.1, -0.05) is 29.8 Å². The lowest BCUT2D eigenvalue weighted by Gasteiger charge is -2.14. The monoisotopic (exact) mass is 436 g/mol. The van der Waals surface area contributed by atoms with Crippen molar-refractivity contribution in [3.05, 3.63) is 59.2 Å². The van der Waals surface area contributed by atoms with Crippen LogP contribution in [0.2, 0.25) is 5.02 Å². The highest BCUT2D eigenvalue weighted by atomic mass is 35.5. The molecule has 3 rings (SSSR count). The van der Waals surface area contributed by atoms with Crippen LogP contribution in [-0.2, 0) is 11.4 Å². The molecule has 3 aromatic rings. The van der Waals surface area contributed by atoms with Crippen molar-refractivity contribution in [2.24, 2.45) is 0 Å². The number of anilines is 2. The predicted octanol–water partition coefficient (Wildman–Crippen LogP) is 3.43. The zero-order chi connectivity index (χ0) is 20.1. The molecule has 0 bridgehead atoms. The molecule has 0 aliphatic carbocycles. The molecular formula is C19H18Cl2N4O4. The summed E-state index contributed by atoms with van der Waals surface area (Å²) in [5.74, 6) is 0.0177. The van der Waals surface area contributed by atoms with Crippen molar-refractivity contribution in [1.82, 2.24) is 9.97 Å². The lowest BCUT2D eigenvalue weighted by molar-refractivity contribution is -0.139. The van der Waals surface area contributed by atoms with E-state index in [4.69, 9.17) is 37.6 Å². The number of aliphatic carboxylic acids is 1. The number of carboxylic acid groups (broad SMARTS) is 1. The lowest BCUT2D eigenvalue weighted by atomic mass is 10.0. The molecule has 1 aromatic heterocycles. The first-order valence-electron chi connectivity index (χ1n) is 8.17. The van der Waals surface area contributed by atoms with Gasteiger partial charge in [0.1, 0.15) is 23.9 Å². The summed E-state index contributed by atoms with van der Waals surface area (Å²) < 4.78 is 10.9. The Morgan fingerprint density at radius 2 is 1.72 bits per heavy atom. The van der Waals surface area contributed by atoms with E-state index in [1.54, 1.807) is 42.5 Å².